The Morgan fingerprint density at radius 2 is 2.00 bits per heavy atom. The molecule has 0 aliphatic rings. The lowest BCUT2D eigenvalue weighted by molar-refractivity contribution is -0.147. The molecule has 0 atom stereocenters. The predicted molar refractivity (Wildman–Crippen MR) is 104 cm³/mol. The zero-order chi connectivity index (χ0) is 21.1. The third kappa shape index (κ3) is 4.65. The average Bonchev–Trinajstić information content (AvgIpc) is 3.03. The van der Waals surface area contributed by atoms with Crippen LogP contribution < -0.4 is 11.1 Å². The molecule has 2 heterocycles. The number of amides is 1. The van der Waals surface area contributed by atoms with E-state index in [1.165, 1.54) is 10.6 Å². The molecule has 0 spiro atoms. The maximum Gasteiger partial charge on any atom is 0.306 e. The van der Waals surface area contributed by atoms with Gasteiger partial charge in [0.15, 0.2) is 6.61 Å². The Labute approximate surface area is 166 Å². The van der Waals surface area contributed by atoms with Crippen LogP contribution in [-0.2, 0) is 20.7 Å². The fraction of sp³-hybridized carbons (Fsp3) is 0.316. The Bertz CT molecular complexity index is 1100. The summed E-state index contributed by atoms with van der Waals surface area (Å²) in [7, 11) is 0. The van der Waals surface area contributed by atoms with Crippen LogP contribution in [0.3, 0.4) is 0 Å². The molecule has 152 valence electrons. The number of esters is 1. The molecule has 0 radical (unpaired) electrons. The first-order chi connectivity index (χ1) is 13.7. The van der Waals surface area contributed by atoms with Gasteiger partial charge in [0.1, 0.15) is 5.82 Å². The first kappa shape index (κ1) is 20.2. The Morgan fingerprint density at radius 1 is 1.24 bits per heavy atom. The van der Waals surface area contributed by atoms with E-state index in [1.807, 2.05) is 13.8 Å². The molecule has 3 aromatic rings. The molecule has 9 nitrogen and oxygen atoms in total. The highest BCUT2D eigenvalue weighted by Crippen LogP contribution is 2.16. The topological polar surface area (TPSA) is 124 Å². The van der Waals surface area contributed by atoms with Crippen molar-refractivity contribution in [1.82, 2.24) is 19.6 Å². The van der Waals surface area contributed by atoms with Crippen LogP contribution in [0.1, 0.15) is 28.9 Å². The Kier molecular flexibility index (Phi) is 5.71. The summed E-state index contributed by atoms with van der Waals surface area (Å²) in [6.07, 6.45) is 0.426. The average molecular weight is 400 g/mol. The van der Waals surface area contributed by atoms with Crippen LogP contribution in [0.25, 0.3) is 5.78 Å². The van der Waals surface area contributed by atoms with Gasteiger partial charge in [-0.25, -0.2) is 9.37 Å². The van der Waals surface area contributed by atoms with Gasteiger partial charge in [-0.1, -0.05) is 6.07 Å². The van der Waals surface area contributed by atoms with Crippen molar-refractivity contribution in [3.05, 3.63) is 46.5 Å². The van der Waals surface area contributed by atoms with Crippen molar-refractivity contribution in [2.24, 2.45) is 0 Å². The van der Waals surface area contributed by atoms with Crippen LogP contribution in [0, 0.1) is 26.6 Å². The van der Waals surface area contributed by atoms with E-state index < -0.39 is 24.3 Å². The molecule has 3 rings (SSSR count). The molecule has 0 saturated heterocycles. The Hall–Kier alpha value is -3.56. The third-order valence-corrected chi connectivity index (χ3v) is 4.46. The van der Waals surface area contributed by atoms with Crippen molar-refractivity contribution in [3.63, 3.8) is 0 Å². The Balaban J connectivity index is 1.54. The number of nitrogens with zero attached hydrogens (tertiary/aromatic N) is 4. The van der Waals surface area contributed by atoms with E-state index in [-0.39, 0.29) is 12.4 Å². The van der Waals surface area contributed by atoms with Crippen molar-refractivity contribution < 1.29 is 18.7 Å². The molecular weight excluding hydrogens is 379 g/mol. The minimum absolute atomic E-state index is 0.0610. The number of nitrogens with one attached hydrogen (secondary N) is 1. The third-order valence-electron chi connectivity index (χ3n) is 4.46. The molecule has 0 unspecified atom stereocenters. The van der Waals surface area contributed by atoms with Crippen molar-refractivity contribution in [3.8, 4) is 0 Å². The van der Waals surface area contributed by atoms with E-state index in [0.717, 1.165) is 11.3 Å². The molecule has 29 heavy (non-hydrogen) atoms. The van der Waals surface area contributed by atoms with Gasteiger partial charge in [-0.05, 0) is 50.5 Å². The summed E-state index contributed by atoms with van der Waals surface area (Å²) < 4.78 is 20.0. The summed E-state index contributed by atoms with van der Waals surface area (Å²) in [4.78, 5) is 32.3. The van der Waals surface area contributed by atoms with Crippen LogP contribution in [-0.4, -0.2) is 38.1 Å². The number of anilines is 2. The fourth-order valence-corrected chi connectivity index (χ4v) is 2.90. The van der Waals surface area contributed by atoms with Gasteiger partial charge in [0, 0.05) is 23.5 Å². The monoisotopic (exact) mass is 400 g/mol. The summed E-state index contributed by atoms with van der Waals surface area (Å²) in [6, 6.07) is 4.33. The number of hydrogen-bond acceptors (Lipinski definition) is 7. The maximum atomic E-state index is 13.5. The maximum absolute atomic E-state index is 13.5. The van der Waals surface area contributed by atoms with Crippen LogP contribution in [0.2, 0.25) is 0 Å². The number of fused-ring (bicyclic) bond motifs is 1. The molecule has 1 aromatic carbocycles. The summed E-state index contributed by atoms with van der Waals surface area (Å²) in [5, 5.41) is 6.56. The number of halogens is 1. The zero-order valence-corrected chi connectivity index (χ0v) is 16.3. The van der Waals surface area contributed by atoms with Gasteiger partial charge >= 0.3 is 5.97 Å². The number of nitrogens with two attached hydrogens (primary N) is 1. The SMILES string of the molecule is Cc1ccc(NC(=O)COC(=O)CCc2c(C)nc3nc(N)nn3c2C)cc1F. The standard InChI is InChI=1S/C19H21FN6O3/c1-10-4-5-13(8-15(10)20)23-16(27)9-29-17(28)7-6-14-11(2)22-19-24-18(21)25-26(19)12(14)3/h4-5,8H,6-7,9H2,1-3H3,(H2,21,25)(H,23,27). The quantitative estimate of drug-likeness (QED) is 0.605. The van der Waals surface area contributed by atoms with Gasteiger partial charge in [0.05, 0.1) is 0 Å². The van der Waals surface area contributed by atoms with Crippen LogP contribution in [0.15, 0.2) is 18.2 Å². The van der Waals surface area contributed by atoms with Gasteiger partial charge in [0.25, 0.3) is 11.7 Å². The number of ether oxygens (including phenoxy) is 1. The number of aromatic nitrogens is 4. The van der Waals surface area contributed by atoms with Crippen LogP contribution in [0.4, 0.5) is 16.0 Å². The lowest BCUT2D eigenvalue weighted by Crippen LogP contribution is -2.21. The Morgan fingerprint density at radius 3 is 2.72 bits per heavy atom. The highest BCUT2D eigenvalue weighted by molar-refractivity contribution is 5.92. The van der Waals surface area contributed by atoms with Gasteiger partial charge in [0.2, 0.25) is 5.95 Å². The molecular formula is C19H21FN6O3. The normalized spacial score (nSPS) is 10.9. The van der Waals surface area contributed by atoms with Crippen molar-refractivity contribution >= 4 is 29.3 Å². The molecule has 2 aromatic heterocycles. The first-order valence-corrected chi connectivity index (χ1v) is 8.94. The molecule has 0 aliphatic heterocycles. The van der Waals surface area contributed by atoms with Crippen LogP contribution >= 0.6 is 0 Å². The summed E-state index contributed by atoms with van der Waals surface area (Å²) in [6.45, 7) is 4.82. The summed E-state index contributed by atoms with van der Waals surface area (Å²) >= 11 is 0. The number of aryl methyl sites for hydroxylation is 3. The molecule has 10 heteroatoms. The van der Waals surface area contributed by atoms with E-state index in [9.17, 15) is 14.0 Å². The predicted octanol–water partition coefficient (Wildman–Crippen LogP) is 1.89. The lowest BCUT2D eigenvalue weighted by atomic mass is 10.1. The van der Waals surface area contributed by atoms with Crippen molar-refractivity contribution in [2.45, 2.75) is 33.6 Å². The van der Waals surface area contributed by atoms with Gasteiger partial charge < -0.3 is 15.8 Å². The molecule has 3 N–H and O–H groups in total. The molecule has 0 saturated carbocycles. The second-order valence-corrected chi connectivity index (χ2v) is 6.62. The van der Waals surface area contributed by atoms with Gasteiger partial charge in [-0.2, -0.15) is 9.50 Å². The smallest absolute Gasteiger partial charge is 0.306 e. The lowest BCUT2D eigenvalue weighted by Gasteiger charge is -2.10. The van der Waals surface area contributed by atoms with E-state index in [4.69, 9.17) is 10.5 Å². The van der Waals surface area contributed by atoms with Crippen molar-refractivity contribution in [1.29, 1.82) is 0 Å². The minimum atomic E-state index is -0.546. The number of nitrogen functional groups attached to an aromatic ring is 1. The number of carbonyl (C=O) groups is 2. The highest BCUT2D eigenvalue weighted by atomic mass is 19.1. The fourth-order valence-electron chi connectivity index (χ4n) is 2.90. The number of carbonyl (C=O) groups excluding carboxylic acids is 2. The van der Waals surface area contributed by atoms with Gasteiger partial charge in [-0.3, -0.25) is 9.59 Å². The van der Waals surface area contributed by atoms with Gasteiger partial charge in [-0.15, -0.1) is 5.10 Å². The van der Waals surface area contributed by atoms with E-state index in [1.54, 1.807) is 19.1 Å². The number of hydrogen-bond donors (Lipinski definition) is 2. The van der Waals surface area contributed by atoms with Crippen molar-refractivity contribution in [2.75, 3.05) is 17.7 Å². The molecule has 0 fully saturated rings. The first-order valence-electron chi connectivity index (χ1n) is 8.94. The number of rotatable bonds is 6. The largest absolute Gasteiger partial charge is 0.456 e. The second-order valence-electron chi connectivity index (χ2n) is 6.62. The molecule has 0 bridgehead atoms. The highest BCUT2D eigenvalue weighted by Gasteiger charge is 2.15. The molecule has 0 aliphatic carbocycles. The second kappa shape index (κ2) is 8.21. The van der Waals surface area contributed by atoms with E-state index in [0.29, 0.717) is 29.1 Å². The zero-order valence-electron chi connectivity index (χ0n) is 16.3. The van der Waals surface area contributed by atoms with E-state index >= 15 is 0 Å². The molecule has 1 amide bonds. The van der Waals surface area contributed by atoms with E-state index in [2.05, 4.69) is 20.4 Å². The summed E-state index contributed by atoms with van der Waals surface area (Å²) in [5.41, 5.74) is 8.71. The van der Waals surface area contributed by atoms with Crippen LogP contribution in [0.5, 0.6) is 0 Å². The summed E-state index contributed by atoms with van der Waals surface area (Å²) in [5.74, 6) is -0.989. The number of benzene rings is 1. The minimum Gasteiger partial charge on any atom is -0.456 e.